The third-order valence-electron chi connectivity index (χ3n) is 4.79. The second-order valence-corrected chi connectivity index (χ2v) is 6.34. The molecule has 2 unspecified atom stereocenters. The molecule has 0 aromatic carbocycles. The van der Waals surface area contributed by atoms with Crippen LogP contribution in [-0.2, 0) is 9.53 Å². The third-order valence-corrected chi connectivity index (χ3v) is 4.79. The molecule has 1 N–H and O–H groups in total. The van der Waals surface area contributed by atoms with Gasteiger partial charge in [0.1, 0.15) is 0 Å². The van der Waals surface area contributed by atoms with Crippen LogP contribution in [0.1, 0.15) is 65.2 Å². The van der Waals surface area contributed by atoms with Crippen LogP contribution in [0.25, 0.3) is 0 Å². The molecular weight excluding hydrogens is 276 g/mol. The minimum absolute atomic E-state index is 0.108. The molecular formula is C19H32O3. The van der Waals surface area contributed by atoms with Gasteiger partial charge < -0.3 is 9.84 Å². The Morgan fingerprint density at radius 2 is 2.05 bits per heavy atom. The SMILES string of the molecule is CCCCCCC1(C(=O)O)C=CC=C(CCOC)C1CCC. The first kappa shape index (κ1) is 19.0. The molecule has 0 aliphatic heterocycles. The number of allylic oxidation sites excluding steroid dienone is 2. The van der Waals surface area contributed by atoms with Crippen LogP contribution in [-0.4, -0.2) is 24.8 Å². The van der Waals surface area contributed by atoms with E-state index in [-0.39, 0.29) is 5.92 Å². The zero-order valence-electron chi connectivity index (χ0n) is 14.4. The van der Waals surface area contributed by atoms with Gasteiger partial charge in [-0.1, -0.05) is 69.8 Å². The number of carboxylic acid groups (broad SMARTS) is 1. The van der Waals surface area contributed by atoms with Gasteiger partial charge in [-0.15, -0.1) is 0 Å². The fourth-order valence-corrected chi connectivity index (χ4v) is 3.54. The van der Waals surface area contributed by atoms with E-state index in [1.165, 1.54) is 18.4 Å². The highest BCUT2D eigenvalue weighted by atomic mass is 16.5. The Hall–Kier alpha value is -1.09. The number of ether oxygens (including phenoxy) is 1. The smallest absolute Gasteiger partial charge is 0.314 e. The summed E-state index contributed by atoms with van der Waals surface area (Å²) in [5.74, 6) is -0.557. The highest BCUT2D eigenvalue weighted by molar-refractivity contribution is 5.79. The van der Waals surface area contributed by atoms with Crippen LogP contribution in [0.4, 0.5) is 0 Å². The van der Waals surface area contributed by atoms with Crippen LogP contribution in [0.5, 0.6) is 0 Å². The van der Waals surface area contributed by atoms with E-state index in [2.05, 4.69) is 19.9 Å². The Morgan fingerprint density at radius 1 is 1.27 bits per heavy atom. The van der Waals surface area contributed by atoms with Crippen molar-refractivity contribution in [1.29, 1.82) is 0 Å². The monoisotopic (exact) mass is 308 g/mol. The van der Waals surface area contributed by atoms with Crippen LogP contribution < -0.4 is 0 Å². The first-order chi connectivity index (χ1) is 10.6. The molecule has 1 rings (SSSR count). The molecule has 0 heterocycles. The lowest BCUT2D eigenvalue weighted by Crippen LogP contribution is -2.39. The Bertz CT molecular complexity index is 397. The lowest BCUT2D eigenvalue weighted by Gasteiger charge is -2.39. The summed E-state index contributed by atoms with van der Waals surface area (Å²) in [4.78, 5) is 12.1. The number of carboxylic acids is 1. The molecule has 1 aliphatic rings. The van der Waals surface area contributed by atoms with Gasteiger partial charge in [-0.3, -0.25) is 4.79 Å². The molecule has 0 fully saturated rings. The number of rotatable bonds is 11. The lowest BCUT2D eigenvalue weighted by atomic mass is 9.64. The second kappa shape index (κ2) is 9.83. The largest absolute Gasteiger partial charge is 0.481 e. The molecule has 3 heteroatoms. The van der Waals surface area contributed by atoms with Gasteiger partial charge in [0.25, 0.3) is 0 Å². The molecule has 0 saturated carbocycles. The molecule has 0 aromatic heterocycles. The summed E-state index contributed by atoms with van der Waals surface area (Å²) in [6.45, 7) is 4.97. The molecule has 0 saturated heterocycles. The van der Waals surface area contributed by atoms with Crippen LogP contribution in [0.2, 0.25) is 0 Å². The maximum Gasteiger partial charge on any atom is 0.314 e. The predicted molar refractivity (Wildman–Crippen MR) is 90.9 cm³/mol. The van der Waals surface area contributed by atoms with Gasteiger partial charge in [-0.2, -0.15) is 0 Å². The maximum absolute atomic E-state index is 12.1. The molecule has 0 aromatic rings. The van der Waals surface area contributed by atoms with Gasteiger partial charge in [-0.25, -0.2) is 0 Å². The van der Waals surface area contributed by atoms with Crippen molar-refractivity contribution in [2.24, 2.45) is 11.3 Å². The first-order valence-electron chi connectivity index (χ1n) is 8.73. The molecule has 0 spiro atoms. The Kier molecular flexibility index (Phi) is 8.47. The van der Waals surface area contributed by atoms with Crippen LogP contribution in [0.15, 0.2) is 23.8 Å². The van der Waals surface area contributed by atoms with Gasteiger partial charge >= 0.3 is 5.97 Å². The fourth-order valence-electron chi connectivity index (χ4n) is 3.54. The van der Waals surface area contributed by atoms with Crippen molar-refractivity contribution >= 4 is 5.97 Å². The Labute approximate surface area is 135 Å². The summed E-state index contributed by atoms with van der Waals surface area (Å²) < 4.78 is 5.20. The van der Waals surface area contributed by atoms with Crippen LogP contribution in [0.3, 0.4) is 0 Å². The standard InChI is InChI=1S/C19H32O3/c1-4-6-7-8-13-19(18(20)21)14-9-11-16(12-15-22-3)17(19)10-5-2/h9,11,14,17H,4-8,10,12-13,15H2,1-3H3,(H,20,21). The highest BCUT2D eigenvalue weighted by Gasteiger charge is 2.45. The summed E-state index contributed by atoms with van der Waals surface area (Å²) in [5, 5.41) is 9.98. The normalized spacial score (nSPS) is 24.3. The molecule has 0 bridgehead atoms. The minimum atomic E-state index is -0.721. The van der Waals surface area contributed by atoms with E-state index in [4.69, 9.17) is 4.74 Å². The third kappa shape index (κ3) is 4.70. The van der Waals surface area contributed by atoms with Gasteiger partial charge in [-0.05, 0) is 25.2 Å². The quantitative estimate of drug-likeness (QED) is 0.548. The van der Waals surface area contributed by atoms with E-state index < -0.39 is 11.4 Å². The fraction of sp³-hybridized carbons (Fsp3) is 0.737. The minimum Gasteiger partial charge on any atom is -0.481 e. The second-order valence-electron chi connectivity index (χ2n) is 6.34. The van der Waals surface area contributed by atoms with Gasteiger partial charge in [0.15, 0.2) is 0 Å². The first-order valence-corrected chi connectivity index (χ1v) is 8.73. The summed E-state index contributed by atoms with van der Waals surface area (Å²) in [6.07, 6.45) is 14.0. The average molecular weight is 308 g/mol. The topological polar surface area (TPSA) is 46.5 Å². The van der Waals surface area contributed by atoms with Crippen molar-refractivity contribution in [1.82, 2.24) is 0 Å². The van der Waals surface area contributed by atoms with E-state index in [9.17, 15) is 9.90 Å². The summed E-state index contributed by atoms with van der Waals surface area (Å²) >= 11 is 0. The average Bonchev–Trinajstić information content (AvgIpc) is 2.51. The predicted octanol–water partition coefficient (Wildman–Crippen LogP) is 4.98. The van der Waals surface area contributed by atoms with Gasteiger partial charge in [0.2, 0.25) is 0 Å². The molecule has 22 heavy (non-hydrogen) atoms. The van der Waals surface area contributed by atoms with Crippen molar-refractivity contribution in [3.8, 4) is 0 Å². The van der Waals surface area contributed by atoms with E-state index in [0.717, 1.165) is 38.5 Å². The van der Waals surface area contributed by atoms with Crippen molar-refractivity contribution in [2.75, 3.05) is 13.7 Å². The molecule has 2 atom stereocenters. The number of unbranched alkanes of at least 4 members (excludes halogenated alkanes) is 3. The molecule has 126 valence electrons. The lowest BCUT2D eigenvalue weighted by molar-refractivity contribution is -0.149. The van der Waals surface area contributed by atoms with Crippen molar-refractivity contribution < 1.29 is 14.6 Å². The Morgan fingerprint density at radius 3 is 2.64 bits per heavy atom. The number of aliphatic carboxylic acids is 1. The van der Waals surface area contributed by atoms with Gasteiger partial charge in [0.05, 0.1) is 5.41 Å². The molecule has 1 aliphatic carbocycles. The Balaban J connectivity index is 2.93. The summed E-state index contributed by atoms with van der Waals surface area (Å²) in [7, 11) is 1.70. The highest BCUT2D eigenvalue weighted by Crippen LogP contribution is 2.45. The van der Waals surface area contributed by atoms with Gasteiger partial charge in [0, 0.05) is 13.7 Å². The van der Waals surface area contributed by atoms with Crippen LogP contribution >= 0.6 is 0 Å². The van der Waals surface area contributed by atoms with E-state index in [0.29, 0.717) is 6.61 Å². The number of hydrogen-bond donors (Lipinski definition) is 1. The molecule has 3 nitrogen and oxygen atoms in total. The van der Waals surface area contributed by atoms with Crippen molar-refractivity contribution in [3.63, 3.8) is 0 Å². The van der Waals surface area contributed by atoms with E-state index in [1.54, 1.807) is 7.11 Å². The number of hydrogen-bond acceptors (Lipinski definition) is 2. The van der Waals surface area contributed by atoms with Crippen molar-refractivity contribution in [3.05, 3.63) is 23.8 Å². The summed E-state index contributed by atoms with van der Waals surface area (Å²) in [5.41, 5.74) is 0.519. The van der Waals surface area contributed by atoms with E-state index >= 15 is 0 Å². The zero-order valence-corrected chi connectivity index (χ0v) is 14.4. The van der Waals surface area contributed by atoms with E-state index in [1.807, 2.05) is 12.2 Å². The van der Waals surface area contributed by atoms with Crippen molar-refractivity contribution in [2.45, 2.75) is 65.2 Å². The van der Waals surface area contributed by atoms with Crippen LogP contribution in [0, 0.1) is 11.3 Å². The number of carbonyl (C=O) groups is 1. The number of methoxy groups -OCH3 is 1. The molecule has 0 radical (unpaired) electrons. The summed E-state index contributed by atoms with van der Waals surface area (Å²) in [6, 6.07) is 0. The molecule has 0 amide bonds. The zero-order chi connectivity index (χ0) is 16.4. The maximum atomic E-state index is 12.1.